The van der Waals surface area contributed by atoms with E-state index in [0.29, 0.717) is 17.6 Å². The van der Waals surface area contributed by atoms with Gasteiger partial charge in [0.2, 0.25) is 0 Å². The van der Waals surface area contributed by atoms with Gasteiger partial charge in [0.05, 0.1) is 11.6 Å². The fourth-order valence-corrected chi connectivity index (χ4v) is 2.55. The Morgan fingerprint density at radius 1 is 1.16 bits per heavy atom. The summed E-state index contributed by atoms with van der Waals surface area (Å²) in [5, 5.41) is 14.3. The van der Waals surface area contributed by atoms with Crippen molar-refractivity contribution in [2.45, 2.75) is 18.9 Å². The molecule has 1 fully saturated rings. The van der Waals surface area contributed by atoms with Gasteiger partial charge in [-0.3, -0.25) is 4.79 Å². The molecule has 126 valence electrons. The smallest absolute Gasteiger partial charge is 0.258 e. The fourth-order valence-electron chi connectivity index (χ4n) is 2.55. The maximum absolute atomic E-state index is 13.7. The van der Waals surface area contributed by atoms with Crippen molar-refractivity contribution >= 4 is 11.6 Å². The molecule has 25 heavy (non-hydrogen) atoms. The van der Waals surface area contributed by atoms with Crippen molar-refractivity contribution in [3.63, 3.8) is 0 Å². The van der Waals surface area contributed by atoms with E-state index >= 15 is 0 Å². The summed E-state index contributed by atoms with van der Waals surface area (Å²) >= 11 is 0. The van der Waals surface area contributed by atoms with Gasteiger partial charge in [-0.25, -0.2) is 13.5 Å². The lowest BCUT2D eigenvalue weighted by atomic mass is 10.1. The molecule has 1 amide bonds. The van der Waals surface area contributed by atoms with E-state index in [1.807, 2.05) is 6.07 Å². The van der Waals surface area contributed by atoms with Gasteiger partial charge in [0.1, 0.15) is 11.6 Å². The van der Waals surface area contributed by atoms with E-state index < -0.39 is 17.5 Å². The third-order valence-corrected chi connectivity index (χ3v) is 3.94. The van der Waals surface area contributed by atoms with Crippen LogP contribution in [0.5, 0.6) is 0 Å². The van der Waals surface area contributed by atoms with Crippen molar-refractivity contribution in [2.24, 2.45) is 0 Å². The van der Waals surface area contributed by atoms with Gasteiger partial charge in [0.15, 0.2) is 5.82 Å². The molecule has 1 aliphatic rings. The highest BCUT2D eigenvalue weighted by Gasteiger charge is 2.28. The molecule has 0 unspecified atom stereocenters. The highest BCUT2D eigenvalue weighted by molar-refractivity contribution is 6.04. The van der Waals surface area contributed by atoms with Crippen LogP contribution in [0.25, 0.3) is 11.4 Å². The zero-order valence-electron chi connectivity index (χ0n) is 13.0. The second-order valence-electron chi connectivity index (χ2n) is 5.84. The summed E-state index contributed by atoms with van der Waals surface area (Å²) < 4.78 is 28.7. The summed E-state index contributed by atoms with van der Waals surface area (Å²) in [7, 11) is 0. The van der Waals surface area contributed by atoms with Gasteiger partial charge in [-0.05, 0) is 53.6 Å². The number of tetrazole rings is 1. The molecule has 0 bridgehead atoms. The van der Waals surface area contributed by atoms with Crippen LogP contribution in [0.1, 0.15) is 29.2 Å². The molecule has 1 heterocycles. The molecule has 2 aromatic carbocycles. The molecule has 0 saturated heterocycles. The second-order valence-corrected chi connectivity index (χ2v) is 5.84. The molecular formula is C17H13F2N5O. The van der Waals surface area contributed by atoms with Crippen LogP contribution in [0.15, 0.2) is 42.5 Å². The first-order chi connectivity index (χ1) is 12.1. The lowest BCUT2D eigenvalue weighted by Gasteiger charge is -2.08. The van der Waals surface area contributed by atoms with Crippen LogP contribution in [0.3, 0.4) is 0 Å². The van der Waals surface area contributed by atoms with Gasteiger partial charge >= 0.3 is 0 Å². The van der Waals surface area contributed by atoms with Gasteiger partial charge in [0, 0.05) is 11.3 Å². The number of rotatable bonds is 4. The Hall–Kier alpha value is -3.16. The standard InChI is InChI=1S/C17H13F2N5O/c18-11-4-7-15(19)14(9-11)17(25)20-12-3-1-2-10(8-12)16-21-22-23-24(16)13-5-6-13/h1-4,7-9,13H,5-6H2,(H,20,25). The third kappa shape index (κ3) is 3.10. The van der Waals surface area contributed by atoms with E-state index in [9.17, 15) is 13.6 Å². The van der Waals surface area contributed by atoms with Crippen LogP contribution in [0.2, 0.25) is 0 Å². The number of aromatic nitrogens is 4. The Kier molecular flexibility index (Phi) is 3.72. The summed E-state index contributed by atoms with van der Waals surface area (Å²) in [5.74, 6) is -1.58. The molecule has 1 aromatic heterocycles. The molecular weight excluding hydrogens is 328 g/mol. The highest BCUT2D eigenvalue weighted by Crippen LogP contribution is 2.36. The van der Waals surface area contributed by atoms with Crippen LogP contribution in [-0.2, 0) is 0 Å². The normalized spacial score (nSPS) is 13.7. The summed E-state index contributed by atoms with van der Waals surface area (Å²) in [5.41, 5.74) is 0.819. The first-order valence-electron chi connectivity index (χ1n) is 7.76. The lowest BCUT2D eigenvalue weighted by Crippen LogP contribution is -2.14. The van der Waals surface area contributed by atoms with Crippen molar-refractivity contribution in [1.29, 1.82) is 0 Å². The van der Waals surface area contributed by atoms with Crippen LogP contribution in [0.4, 0.5) is 14.5 Å². The Balaban J connectivity index is 1.60. The van der Waals surface area contributed by atoms with Crippen LogP contribution in [-0.4, -0.2) is 26.1 Å². The van der Waals surface area contributed by atoms with Gasteiger partial charge in [0.25, 0.3) is 5.91 Å². The first-order valence-corrected chi connectivity index (χ1v) is 7.76. The Morgan fingerprint density at radius 2 is 2.00 bits per heavy atom. The molecule has 0 spiro atoms. The number of halogens is 2. The van der Waals surface area contributed by atoms with E-state index in [0.717, 1.165) is 36.6 Å². The molecule has 0 aliphatic heterocycles. The van der Waals surface area contributed by atoms with E-state index in [1.165, 1.54) is 0 Å². The highest BCUT2D eigenvalue weighted by atomic mass is 19.1. The number of anilines is 1. The summed E-state index contributed by atoms with van der Waals surface area (Å²) in [6, 6.07) is 9.96. The van der Waals surface area contributed by atoms with E-state index in [-0.39, 0.29) is 5.56 Å². The Morgan fingerprint density at radius 3 is 2.80 bits per heavy atom. The van der Waals surface area contributed by atoms with Gasteiger partial charge in [-0.1, -0.05) is 12.1 Å². The minimum atomic E-state index is -0.785. The zero-order chi connectivity index (χ0) is 17.4. The number of carbonyl (C=O) groups is 1. The summed E-state index contributed by atoms with van der Waals surface area (Å²) in [6.45, 7) is 0. The first kappa shape index (κ1) is 15.4. The van der Waals surface area contributed by atoms with Gasteiger partial charge < -0.3 is 5.32 Å². The number of hydrogen-bond donors (Lipinski definition) is 1. The third-order valence-electron chi connectivity index (χ3n) is 3.94. The number of amides is 1. The van der Waals surface area contributed by atoms with Crippen LogP contribution in [0, 0.1) is 11.6 Å². The predicted molar refractivity (Wildman–Crippen MR) is 85.8 cm³/mol. The molecule has 6 nitrogen and oxygen atoms in total. The summed E-state index contributed by atoms with van der Waals surface area (Å²) in [6.07, 6.45) is 2.07. The maximum Gasteiger partial charge on any atom is 0.258 e. The Bertz CT molecular complexity index is 952. The lowest BCUT2D eigenvalue weighted by molar-refractivity contribution is 0.102. The van der Waals surface area contributed by atoms with Crippen LogP contribution < -0.4 is 5.32 Å². The molecule has 4 rings (SSSR count). The zero-order valence-corrected chi connectivity index (χ0v) is 13.0. The van der Waals surface area contributed by atoms with Gasteiger partial charge in [-0.2, -0.15) is 0 Å². The van der Waals surface area contributed by atoms with E-state index in [4.69, 9.17) is 0 Å². The van der Waals surface area contributed by atoms with Crippen molar-refractivity contribution in [1.82, 2.24) is 20.2 Å². The molecule has 0 radical (unpaired) electrons. The summed E-state index contributed by atoms with van der Waals surface area (Å²) in [4.78, 5) is 12.2. The van der Waals surface area contributed by atoms with Crippen molar-refractivity contribution in [3.8, 4) is 11.4 Å². The topological polar surface area (TPSA) is 72.7 Å². The quantitative estimate of drug-likeness (QED) is 0.791. The van der Waals surface area contributed by atoms with Crippen LogP contribution >= 0.6 is 0 Å². The average molecular weight is 341 g/mol. The number of hydrogen-bond acceptors (Lipinski definition) is 4. The molecule has 1 N–H and O–H groups in total. The molecule has 1 aliphatic carbocycles. The number of carbonyl (C=O) groups excluding carboxylic acids is 1. The Labute approximate surface area is 141 Å². The second kappa shape index (κ2) is 6.04. The SMILES string of the molecule is O=C(Nc1cccc(-c2nnnn2C2CC2)c1)c1cc(F)ccc1F. The molecule has 1 saturated carbocycles. The average Bonchev–Trinajstić information content (AvgIpc) is 3.34. The largest absolute Gasteiger partial charge is 0.322 e. The predicted octanol–water partition coefficient (Wildman–Crippen LogP) is 3.21. The van der Waals surface area contributed by atoms with E-state index in [1.54, 1.807) is 22.9 Å². The maximum atomic E-state index is 13.7. The van der Waals surface area contributed by atoms with E-state index in [2.05, 4.69) is 20.8 Å². The fraction of sp³-hybridized carbons (Fsp3) is 0.176. The van der Waals surface area contributed by atoms with Gasteiger partial charge in [-0.15, -0.1) is 5.10 Å². The molecule has 8 heteroatoms. The minimum absolute atomic E-state index is 0.310. The number of benzene rings is 2. The number of nitrogens with zero attached hydrogens (tertiary/aromatic N) is 4. The molecule has 0 atom stereocenters. The monoisotopic (exact) mass is 341 g/mol. The van der Waals surface area contributed by atoms with Crippen molar-refractivity contribution < 1.29 is 13.6 Å². The van der Waals surface area contributed by atoms with Crippen molar-refractivity contribution in [2.75, 3.05) is 5.32 Å². The minimum Gasteiger partial charge on any atom is -0.322 e. The number of nitrogens with one attached hydrogen (secondary N) is 1. The molecule has 3 aromatic rings. The van der Waals surface area contributed by atoms with Crippen molar-refractivity contribution in [3.05, 3.63) is 59.7 Å².